The van der Waals surface area contributed by atoms with Gasteiger partial charge in [-0.1, -0.05) is 18.2 Å². The van der Waals surface area contributed by atoms with Crippen LogP contribution in [0.15, 0.2) is 40.1 Å². The summed E-state index contributed by atoms with van der Waals surface area (Å²) in [6.45, 7) is 3.86. The number of aryl methyl sites for hydroxylation is 2. The summed E-state index contributed by atoms with van der Waals surface area (Å²) in [6, 6.07) is 7.79. The van der Waals surface area contributed by atoms with Gasteiger partial charge in [-0.2, -0.15) is 16.4 Å². The van der Waals surface area contributed by atoms with Gasteiger partial charge < -0.3 is 4.74 Å². The summed E-state index contributed by atoms with van der Waals surface area (Å²) in [6.07, 6.45) is 1.60. The third kappa shape index (κ3) is 3.93. The lowest BCUT2D eigenvalue weighted by molar-refractivity contribution is -0.123. The Balaban J connectivity index is 1.83. The molecule has 1 heterocycles. The maximum absolute atomic E-state index is 11.6. The van der Waals surface area contributed by atoms with E-state index in [1.165, 1.54) is 0 Å². The van der Waals surface area contributed by atoms with E-state index < -0.39 is 0 Å². The molecule has 0 radical (unpaired) electrons. The van der Waals surface area contributed by atoms with Crippen LogP contribution in [0.5, 0.6) is 5.75 Å². The lowest BCUT2D eigenvalue weighted by Crippen LogP contribution is -2.24. The number of hydrazone groups is 1. The summed E-state index contributed by atoms with van der Waals surface area (Å²) >= 11 is 1.58. The number of carbonyl (C=O) groups excluding carboxylic acids is 1. The van der Waals surface area contributed by atoms with Crippen molar-refractivity contribution in [2.45, 2.75) is 13.8 Å². The summed E-state index contributed by atoms with van der Waals surface area (Å²) in [5, 5.41) is 7.77. The number of para-hydroxylation sites is 1. The highest BCUT2D eigenvalue weighted by atomic mass is 32.1. The molecule has 0 aliphatic rings. The van der Waals surface area contributed by atoms with Gasteiger partial charge in [0, 0.05) is 5.56 Å². The fraction of sp³-hybridized carbons (Fsp3) is 0.200. The molecule has 5 heteroatoms. The molecule has 0 unspecified atom stereocenters. The predicted molar refractivity (Wildman–Crippen MR) is 81.5 cm³/mol. The van der Waals surface area contributed by atoms with Gasteiger partial charge in [0.2, 0.25) is 0 Å². The van der Waals surface area contributed by atoms with Crippen LogP contribution < -0.4 is 10.2 Å². The molecule has 1 N–H and O–H groups in total. The first-order chi connectivity index (χ1) is 9.66. The van der Waals surface area contributed by atoms with Crippen molar-refractivity contribution >= 4 is 23.5 Å². The molecule has 2 rings (SSSR count). The SMILES string of the molecule is Cc1cccc(C)c1OCC(=O)NN=Cc1ccsc1. The van der Waals surface area contributed by atoms with Crippen molar-refractivity contribution in [2.75, 3.05) is 6.61 Å². The zero-order chi connectivity index (χ0) is 14.4. The molecule has 0 saturated carbocycles. The van der Waals surface area contributed by atoms with Crippen molar-refractivity contribution in [3.05, 3.63) is 51.7 Å². The van der Waals surface area contributed by atoms with Gasteiger partial charge in [-0.15, -0.1) is 0 Å². The van der Waals surface area contributed by atoms with Crippen LogP contribution in [0.3, 0.4) is 0 Å². The van der Waals surface area contributed by atoms with Crippen molar-refractivity contribution in [2.24, 2.45) is 5.10 Å². The van der Waals surface area contributed by atoms with Crippen molar-refractivity contribution in [1.82, 2.24) is 5.43 Å². The van der Waals surface area contributed by atoms with E-state index in [2.05, 4.69) is 10.5 Å². The van der Waals surface area contributed by atoms with E-state index >= 15 is 0 Å². The van der Waals surface area contributed by atoms with Crippen LogP contribution in [-0.2, 0) is 4.79 Å². The molecule has 1 aromatic heterocycles. The van der Waals surface area contributed by atoms with E-state index in [4.69, 9.17) is 4.74 Å². The van der Waals surface area contributed by atoms with E-state index in [1.807, 2.05) is 48.9 Å². The van der Waals surface area contributed by atoms with Gasteiger partial charge >= 0.3 is 0 Å². The molecule has 0 fully saturated rings. The smallest absolute Gasteiger partial charge is 0.277 e. The van der Waals surface area contributed by atoms with Crippen molar-refractivity contribution < 1.29 is 9.53 Å². The van der Waals surface area contributed by atoms with Crippen LogP contribution in [0, 0.1) is 13.8 Å². The largest absolute Gasteiger partial charge is 0.483 e. The fourth-order valence-electron chi connectivity index (χ4n) is 1.72. The van der Waals surface area contributed by atoms with Gasteiger partial charge in [-0.3, -0.25) is 4.79 Å². The number of nitrogens with zero attached hydrogens (tertiary/aromatic N) is 1. The number of rotatable bonds is 5. The summed E-state index contributed by atoms with van der Waals surface area (Å²) in [5.74, 6) is 0.476. The Bertz CT molecular complexity index is 586. The zero-order valence-electron chi connectivity index (χ0n) is 11.4. The first-order valence-corrected chi connectivity index (χ1v) is 7.14. The minimum Gasteiger partial charge on any atom is -0.483 e. The average molecular weight is 288 g/mol. The molecule has 0 aliphatic heterocycles. The van der Waals surface area contributed by atoms with Crippen LogP contribution in [0.1, 0.15) is 16.7 Å². The van der Waals surface area contributed by atoms with Crippen LogP contribution in [0.25, 0.3) is 0 Å². The van der Waals surface area contributed by atoms with Crippen LogP contribution in [0.4, 0.5) is 0 Å². The Kier molecular flexibility index (Phi) is 4.90. The number of carbonyl (C=O) groups is 1. The average Bonchev–Trinajstić information content (AvgIpc) is 2.91. The van der Waals surface area contributed by atoms with E-state index in [1.54, 1.807) is 17.6 Å². The number of benzene rings is 1. The Morgan fingerprint density at radius 1 is 1.35 bits per heavy atom. The monoisotopic (exact) mass is 288 g/mol. The fourth-order valence-corrected chi connectivity index (χ4v) is 2.33. The van der Waals surface area contributed by atoms with E-state index in [0.29, 0.717) is 0 Å². The highest BCUT2D eigenvalue weighted by Crippen LogP contribution is 2.21. The number of amides is 1. The molecule has 20 heavy (non-hydrogen) atoms. The molecular weight excluding hydrogens is 272 g/mol. The van der Waals surface area contributed by atoms with E-state index in [0.717, 1.165) is 22.4 Å². The number of hydrogen-bond acceptors (Lipinski definition) is 4. The predicted octanol–water partition coefficient (Wildman–Crippen LogP) is 2.89. The van der Waals surface area contributed by atoms with E-state index in [-0.39, 0.29) is 12.5 Å². The Hall–Kier alpha value is -2.14. The van der Waals surface area contributed by atoms with Gasteiger partial charge in [-0.25, -0.2) is 5.43 Å². The highest BCUT2D eigenvalue weighted by molar-refractivity contribution is 7.08. The summed E-state index contributed by atoms with van der Waals surface area (Å²) in [5.41, 5.74) is 5.43. The maximum atomic E-state index is 11.6. The third-order valence-corrected chi connectivity index (χ3v) is 3.40. The molecule has 0 atom stereocenters. The van der Waals surface area contributed by atoms with Crippen molar-refractivity contribution in [3.8, 4) is 5.75 Å². The van der Waals surface area contributed by atoms with Gasteiger partial charge in [0.25, 0.3) is 5.91 Å². The van der Waals surface area contributed by atoms with E-state index in [9.17, 15) is 4.79 Å². The number of ether oxygens (including phenoxy) is 1. The minimum atomic E-state index is -0.279. The normalized spacial score (nSPS) is 10.7. The lowest BCUT2D eigenvalue weighted by Gasteiger charge is -2.10. The second-order valence-electron chi connectivity index (χ2n) is 4.36. The maximum Gasteiger partial charge on any atom is 0.277 e. The van der Waals surface area contributed by atoms with Gasteiger partial charge in [-0.05, 0) is 41.8 Å². The molecule has 1 aromatic carbocycles. The molecular formula is C15H16N2O2S. The molecule has 2 aromatic rings. The molecule has 4 nitrogen and oxygen atoms in total. The summed E-state index contributed by atoms with van der Waals surface area (Å²) in [7, 11) is 0. The quantitative estimate of drug-likeness (QED) is 0.679. The minimum absolute atomic E-state index is 0.0489. The number of thiophene rings is 1. The van der Waals surface area contributed by atoms with Gasteiger partial charge in [0.05, 0.1) is 6.21 Å². The summed E-state index contributed by atoms with van der Waals surface area (Å²) < 4.78 is 5.53. The Morgan fingerprint density at radius 2 is 2.10 bits per heavy atom. The number of hydrogen-bond donors (Lipinski definition) is 1. The third-order valence-electron chi connectivity index (χ3n) is 2.70. The summed E-state index contributed by atoms with van der Waals surface area (Å²) in [4.78, 5) is 11.6. The van der Waals surface area contributed by atoms with Gasteiger partial charge in [0.1, 0.15) is 5.75 Å². The number of nitrogens with one attached hydrogen (secondary N) is 1. The first kappa shape index (κ1) is 14.3. The van der Waals surface area contributed by atoms with Crippen LogP contribution in [0.2, 0.25) is 0 Å². The van der Waals surface area contributed by atoms with Crippen LogP contribution in [-0.4, -0.2) is 18.7 Å². The lowest BCUT2D eigenvalue weighted by atomic mass is 10.1. The molecule has 0 saturated heterocycles. The molecule has 0 spiro atoms. The standard InChI is InChI=1S/C15H16N2O2S/c1-11-4-3-5-12(2)15(11)19-9-14(18)17-16-8-13-6-7-20-10-13/h3-8,10H,9H2,1-2H3,(H,17,18). The Labute approximate surface area is 122 Å². The second kappa shape index (κ2) is 6.86. The molecule has 104 valence electrons. The van der Waals surface area contributed by atoms with Crippen LogP contribution >= 0.6 is 11.3 Å². The topological polar surface area (TPSA) is 50.7 Å². The van der Waals surface area contributed by atoms with Gasteiger partial charge in [0.15, 0.2) is 6.61 Å². The van der Waals surface area contributed by atoms with Crippen molar-refractivity contribution in [3.63, 3.8) is 0 Å². The Morgan fingerprint density at radius 3 is 2.75 bits per heavy atom. The molecule has 1 amide bonds. The van der Waals surface area contributed by atoms with Crippen molar-refractivity contribution in [1.29, 1.82) is 0 Å². The molecule has 0 aliphatic carbocycles. The first-order valence-electron chi connectivity index (χ1n) is 6.20. The second-order valence-corrected chi connectivity index (χ2v) is 5.14. The highest BCUT2D eigenvalue weighted by Gasteiger charge is 2.06. The zero-order valence-corrected chi connectivity index (χ0v) is 12.2. The molecule has 0 bridgehead atoms.